The Morgan fingerprint density at radius 1 is 1.18 bits per heavy atom. The molecular weight excluding hydrogens is 496 g/mol. The first-order valence-corrected chi connectivity index (χ1v) is 13.9. The summed E-state index contributed by atoms with van der Waals surface area (Å²) >= 11 is 0. The number of hydrogen-bond acceptors (Lipinski definition) is 8. The molecule has 0 saturated carbocycles. The van der Waals surface area contributed by atoms with Crippen LogP contribution in [0.2, 0.25) is 0 Å². The summed E-state index contributed by atoms with van der Waals surface area (Å²) in [5, 5.41) is 12.9. The molecule has 2 aliphatic heterocycles. The van der Waals surface area contributed by atoms with Gasteiger partial charge in [0.05, 0.1) is 28.7 Å². The number of nitrogens with one attached hydrogen (secondary N) is 1. The fourth-order valence-corrected chi connectivity index (χ4v) is 5.64. The van der Waals surface area contributed by atoms with Crippen molar-refractivity contribution in [2.24, 2.45) is 5.92 Å². The van der Waals surface area contributed by atoms with Gasteiger partial charge in [-0.2, -0.15) is 0 Å². The van der Waals surface area contributed by atoms with Gasteiger partial charge in [-0.25, -0.2) is 19.7 Å². The lowest BCUT2D eigenvalue weighted by molar-refractivity contribution is 0.0506. The number of amides is 1. The number of carboxylic acid groups (broad SMARTS) is 1. The van der Waals surface area contributed by atoms with Crippen LogP contribution >= 0.6 is 0 Å². The van der Waals surface area contributed by atoms with Crippen LogP contribution < -0.4 is 10.2 Å². The molecule has 4 rings (SSSR count). The minimum Gasteiger partial charge on any atom is -0.478 e. The number of ether oxygens (including phenoxy) is 1. The molecule has 2 aliphatic rings. The van der Waals surface area contributed by atoms with Gasteiger partial charge in [0.1, 0.15) is 17.3 Å². The lowest BCUT2D eigenvalue weighted by Gasteiger charge is -2.47. The van der Waals surface area contributed by atoms with Crippen LogP contribution in [0.4, 0.5) is 11.6 Å². The second-order valence-electron chi connectivity index (χ2n) is 11.7. The molecule has 0 aliphatic carbocycles. The first-order chi connectivity index (χ1) is 18.5. The van der Waals surface area contributed by atoms with Crippen molar-refractivity contribution in [1.82, 2.24) is 19.9 Å². The molecule has 10 nitrogen and oxygen atoms in total. The second kappa shape index (κ2) is 11.9. The van der Waals surface area contributed by atoms with Crippen LogP contribution in [0.3, 0.4) is 0 Å². The van der Waals surface area contributed by atoms with Crippen LogP contribution in [0.15, 0.2) is 12.3 Å². The van der Waals surface area contributed by atoms with Gasteiger partial charge in [0.2, 0.25) is 0 Å². The molecule has 0 atom stereocenters. The van der Waals surface area contributed by atoms with Crippen molar-refractivity contribution >= 4 is 23.5 Å². The van der Waals surface area contributed by atoms with Gasteiger partial charge < -0.3 is 25.0 Å². The number of carbonyl (C=O) groups is 2. The summed E-state index contributed by atoms with van der Waals surface area (Å²) in [5.74, 6) is 1.16. The summed E-state index contributed by atoms with van der Waals surface area (Å²) in [6.07, 6.45) is 4.86. The monoisotopic (exact) mass is 538 g/mol. The molecule has 0 radical (unpaired) electrons. The summed E-state index contributed by atoms with van der Waals surface area (Å²) < 4.78 is 5.46. The highest BCUT2D eigenvalue weighted by atomic mass is 16.5. The van der Waals surface area contributed by atoms with Gasteiger partial charge in [0, 0.05) is 39.4 Å². The van der Waals surface area contributed by atoms with E-state index in [1.807, 2.05) is 24.8 Å². The number of rotatable bonds is 8. The Labute approximate surface area is 231 Å². The standard InChI is InChI=1S/C29H42N6O4/c1-18(2)25-26(30-10-7-21-8-13-39-14-9-21)31-16-22(33-25)27(36)35-12-11-34(17-29(35,5)6)23-15-19(3)24(28(37)38)20(4)32-23/h15-16,18,21H,7-14,17H2,1-6H3,(H,30,31)(H,37,38). The predicted octanol–water partition coefficient (Wildman–Crippen LogP) is 4.28. The van der Waals surface area contributed by atoms with E-state index in [1.165, 1.54) is 0 Å². The Kier molecular flexibility index (Phi) is 8.73. The molecule has 2 aromatic rings. The van der Waals surface area contributed by atoms with Gasteiger partial charge in [-0.15, -0.1) is 0 Å². The Hall–Kier alpha value is -3.27. The molecule has 10 heteroatoms. The summed E-state index contributed by atoms with van der Waals surface area (Å²) in [7, 11) is 0. The summed E-state index contributed by atoms with van der Waals surface area (Å²) in [6, 6.07) is 1.82. The van der Waals surface area contributed by atoms with E-state index in [9.17, 15) is 14.7 Å². The third kappa shape index (κ3) is 6.49. The zero-order valence-corrected chi connectivity index (χ0v) is 24.1. The molecule has 0 aromatic carbocycles. The number of aromatic carboxylic acids is 1. The molecule has 1 amide bonds. The van der Waals surface area contributed by atoms with Crippen molar-refractivity contribution in [1.29, 1.82) is 0 Å². The highest BCUT2D eigenvalue weighted by Gasteiger charge is 2.38. The van der Waals surface area contributed by atoms with Gasteiger partial charge in [-0.3, -0.25) is 4.79 Å². The van der Waals surface area contributed by atoms with Gasteiger partial charge in [0.25, 0.3) is 5.91 Å². The van der Waals surface area contributed by atoms with E-state index in [1.54, 1.807) is 20.0 Å². The fraction of sp³-hybridized carbons (Fsp3) is 0.621. The Balaban J connectivity index is 1.46. The number of piperazine rings is 1. The summed E-state index contributed by atoms with van der Waals surface area (Å²) in [4.78, 5) is 43.2. The Morgan fingerprint density at radius 2 is 1.90 bits per heavy atom. The van der Waals surface area contributed by atoms with Gasteiger partial charge >= 0.3 is 5.97 Å². The lowest BCUT2D eigenvalue weighted by Crippen LogP contribution is -2.61. The molecule has 2 fully saturated rings. The van der Waals surface area contributed by atoms with Crippen molar-refractivity contribution < 1.29 is 19.4 Å². The maximum Gasteiger partial charge on any atom is 0.337 e. The lowest BCUT2D eigenvalue weighted by atomic mass is 9.96. The molecule has 212 valence electrons. The van der Waals surface area contributed by atoms with Crippen LogP contribution in [0, 0.1) is 19.8 Å². The van der Waals surface area contributed by atoms with E-state index in [0.29, 0.717) is 42.5 Å². The number of carboxylic acids is 1. The van der Waals surface area contributed by atoms with E-state index in [2.05, 4.69) is 34.0 Å². The number of nitrogens with zero attached hydrogens (tertiary/aromatic N) is 5. The first-order valence-electron chi connectivity index (χ1n) is 13.9. The topological polar surface area (TPSA) is 121 Å². The Bertz CT molecular complexity index is 1190. The molecule has 2 N–H and O–H groups in total. The average molecular weight is 539 g/mol. The largest absolute Gasteiger partial charge is 0.478 e. The van der Waals surface area contributed by atoms with Gasteiger partial charge in [0.15, 0.2) is 0 Å². The van der Waals surface area contributed by atoms with Crippen LogP contribution in [-0.4, -0.2) is 81.8 Å². The molecule has 2 aromatic heterocycles. The highest BCUT2D eigenvalue weighted by molar-refractivity contribution is 5.93. The quantitative estimate of drug-likeness (QED) is 0.507. The summed E-state index contributed by atoms with van der Waals surface area (Å²) in [5.41, 5.74) is 2.08. The van der Waals surface area contributed by atoms with Crippen molar-refractivity contribution in [3.05, 3.63) is 40.5 Å². The van der Waals surface area contributed by atoms with E-state index < -0.39 is 11.5 Å². The minimum absolute atomic E-state index is 0.118. The third-order valence-corrected chi connectivity index (χ3v) is 7.82. The number of carbonyl (C=O) groups excluding carboxylic acids is 1. The van der Waals surface area contributed by atoms with E-state index in [-0.39, 0.29) is 17.4 Å². The molecule has 0 spiro atoms. The van der Waals surface area contributed by atoms with Crippen LogP contribution in [0.1, 0.15) is 90.7 Å². The SMILES string of the molecule is Cc1cc(N2CCN(C(=O)c3cnc(NCCC4CCOCC4)c(C(C)C)n3)C(C)(C)C2)nc(C)c1C(=O)O. The van der Waals surface area contributed by atoms with Gasteiger partial charge in [-0.1, -0.05) is 13.8 Å². The maximum atomic E-state index is 13.7. The van der Waals surface area contributed by atoms with Crippen molar-refractivity contribution in [2.75, 3.05) is 49.6 Å². The number of aryl methyl sites for hydroxylation is 2. The summed E-state index contributed by atoms with van der Waals surface area (Å²) in [6.45, 7) is 15.9. The molecule has 0 bridgehead atoms. The number of pyridine rings is 1. The molecule has 0 unspecified atom stereocenters. The second-order valence-corrected chi connectivity index (χ2v) is 11.7. The third-order valence-electron chi connectivity index (χ3n) is 7.82. The van der Waals surface area contributed by atoms with Crippen molar-refractivity contribution in [3.8, 4) is 0 Å². The minimum atomic E-state index is -0.970. The zero-order chi connectivity index (χ0) is 28.3. The predicted molar refractivity (Wildman–Crippen MR) is 151 cm³/mol. The van der Waals surface area contributed by atoms with Crippen molar-refractivity contribution in [3.63, 3.8) is 0 Å². The molecular formula is C29H42N6O4. The molecule has 39 heavy (non-hydrogen) atoms. The van der Waals surface area contributed by atoms with E-state index >= 15 is 0 Å². The average Bonchev–Trinajstić information content (AvgIpc) is 2.87. The van der Waals surface area contributed by atoms with Crippen LogP contribution in [-0.2, 0) is 4.74 Å². The normalized spacial score (nSPS) is 17.9. The van der Waals surface area contributed by atoms with Crippen LogP contribution in [0.5, 0.6) is 0 Å². The molecule has 2 saturated heterocycles. The Morgan fingerprint density at radius 3 is 2.51 bits per heavy atom. The van der Waals surface area contributed by atoms with E-state index in [4.69, 9.17) is 9.72 Å². The van der Waals surface area contributed by atoms with E-state index in [0.717, 1.165) is 56.4 Å². The van der Waals surface area contributed by atoms with Gasteiger partial charge in [-0.05, 0) is 70.4 Å². The van der Waals surface area contributed by atoms with Crippen molar-refractivity contribution in [2.45, 2.75) is 72.3 Å². The highest BCUT2D eigenvalue weighted by Crippen LogP contribution is 2.29. The zero-order valence-electron chi connectivity index (χ0n) is 24.1. The smallest absolute Gasteiger partial charge is 0.337 e. The first kappa shape index (κ1) is 28.7. The maximum absolute atomic E-state index is 13.7. The number of aromatic nitrogens is 3. The number of hydrogen-bond donors (Lipinski definition) is 2. The fourth-order valence-electron chi connectivity index (χ4n) is 5.64. The molecule has 4 heterocycles. The number of anilines is 2. The van der Waals surface area contributed by atoms with Crippen LogP contribution in [0.25, 0.3) is 0 Å².